The van der Waals surface area contributed by atoms with E-state index >= 15 is 0 Å². The Labute approximate surface area is 120 Å². The van der Waals surface area contributed by atoms with Gasteiger partial charge >= 0.3 is 0 Å². The van der Waals surface area contributed by atoms with E-state index in [4.69, 9.17) is 4.74 Å². The molecule has 8 heteroatoms. The minimum atomic E-state index is -0.534. The highest BCUT2D eigenvalue weighted by atomic mass is 16.6. The number of benzene rings is 1. The van der Waals surface area contributed by atoms with Gasteiger partial charge in [-0.2, -0.15) is 0 Å². The maximum atomic E-state index is 11.7. The number of aromatic nitrogens is 2. The van der Waals surface area contributed by atoms with Crippen LogP contribution in [-0.2, 0) is 4.74 Å². The lowest BCUT2D eigenvalue weighted by Gasteiger charge is -2.23. The van der Waals surface area contributed by atoms with Crippen molar-refractivity contribution in [2.24, 2.45) is 0 Å². The Balaban J connectivity index is 2.49. The second-order valence-electron chi connectivity index (χ2n) is 5.19. The van der Waals surface area contributed by atoms with Crippen LogP contribution in [0.5, 0.6) is 0 Å². The maximum Gasteiger partial charge on any atom is 0.293 e. The standard InChI is InChI=1S/C13H16N4O4/c1-13(2,21-3)6-14-10-5-9-8(4-11(10)17(19)20)12(18)16-7-15-9/h4-5,7,14H,6H2,1-3H3,(H,15,16,18). The number of hydrogen-bond donors (Lipinski definition) is 2. The van der Waals surface area contributed by atoms with E-state index in [0.717, 1.165) is 0 Å². The average Bonchev–Trinajstić information content (AvgIpc) is 2.44. The number of H-pyrrole nitrogens is 1. The third kappa shape index (κ3) is 3.16. The molecule has 0 spiro atoms. The van der Waals surface area contributed by atoms with Gasteiger partial charge in [-0.25, -0.2) is 4.98 Å². The largest absolute Gasteiger partial charge is 0.377 e. The van der Waals surface area contributed by atoms with Crippen molar-refractivity contribution < 1.29 is 9.66 Å². The lowest BCUT2D eigenvalue weighted by Crippen LogP contribution is -2.32. The minimum absolute atomic E-state index is 0.173. The number of anilines is 1. The average molecular weight is 292 g/mol. The predicted octanol–water partition coefficient (Wildman–Crippen LogP) is 1.67. The third-order valence-electron chi connectivity index (χ3n) is 3.21. The van der Waals surface area contributed by atoms with Gasteiger partial charge in [0.05, 0.1) is 27.8 Å². The first-order chi connectivity index (χ1) is 9.84. The number of rotatable bonds is 5. The van der Waals surface area contributed by atoms with Crippen LogP contribution in [-0.4, -0.2) is 34.1 Å². The van der Waals surface area contributed by atoms with Crippen LogP contribution in [0, 0.1) is 10.1 Å². The molecule has 0 amide bonds. The van der Waals surface area contributed by atoms with Gasteiger partial charge in [-0.3, -0.25) is 14.9 Å². The first kappa shape index (κ1) is 14.9. The summed E-state index contributed by atoms with van der Waals surface area (Å²) >= 11 is 0. The summed E-state index contributed by atoms with van der Waals surface area (Å²) in [5, 5.41) is 14.3. The summed E-state index contributed by atoms with van der Waals surface area (Å²) in [6, 6.07) is 2.72. The SMILES string of the molecule is COC(C)(C)CNc1cc2nc[nH]c(=O)c2cc1[N+](=O)[O-]. The number of nitro groups is 1. The molecule has 2 aromatic rings. The van der Waals surface area contributed by atoms with Crippen molar-refractivity contribution in [3.63, 3.8) is 0 Å². The van der Waals surface area contributed by atoms with Crippen molar-refractivity contribution in [3.05, 3.63) is 38.9 Å². The monoisotopic (exact) mass is 292 g/mol. The Morgan fingerprint density at radius 3 is 2.81 bits per heavy atom. The molecule has 112 valence electrons. The molecule has 8 nitrogen and oxygen atoms in total. The Morgan fingerprint density at radius 1 is 1.48 bits per heavy atom. The molecular formula is C13H16N4O4. The second-order valence-corrected chi connectivity index (χ2v) is 5.19. The van der Waals surface area contributed by atoms with Gasteiger partial charge < -0.3 is 15.0 Å². The van der Waals surface area contributed by atoms with Gasteiger partial charge in [0, 0.05) is 19.7 Å². The molecule has 1 heterocycles. The highest BCUT2D eigenvalue weighted by Gasteiger charge is 2.21. The van der Waals surface area contributed by atoms with Gasteiger partial charge in [-0.1, -0.05) is 0 Å². The Bertz CT molecular complexity index is 739. The molecule has 0 aliphatic carbocycles. The van der Waals surface area contributed by atoms with Crippen LogP contribution < -0.4 is 10.9 Å². The molecule has 0 saturated heterocycles. The van der Waals surface area contributed by atoms with Crippen molar-refractivity contribution in [2.45, 2.75) is 19.4 Å². The molecule has 2 rings (SSSR count). The summed E-state index contributed by atoms with van der Waals surface area (Å²) in [4.78, 5) is 28.7. The van der Waals surface area contributed by atoms with Crippen molar-refractivity contribution in [2.75, 3.05) is 19.0 Å². The number of methoxy groups -OCH3 is 1. The van der Waals surface area contributed by atoms with E-state index in [-0.39, 0.29) is 11.1 Å². The van der Waals surface area contributed by atoms with Crippen molar-refractivity contribution in [3.8, 4) is 0 Å². The van der Waals surface area contributed by atoms with Crippen molar-refractivity contribution in [1.82, 2.24) is 9.97 Å². The number of nitrogens with one attached hydrogen (secondary N) is 2. The molecule has 0 unspecified atom stereocenters. The quantitative estimate of drug-likeness (QED) is 0.640. The molecule has 0 atom stereocenters. The first-order valence-corrected chi connectivity index (χ1v) is 6.29. The zero-order valence-corrected chi connectivity index (χ0v) is 12.0. The molecule has 0 radical (unpaired) electrons. The van der Waals surface area contributed by atoms with Gasteiger partial charge in [-0.15, -0.1) is 0 Å². The Morgan fingerprint density at radius 2 is 2.19 bits per heavy atom. The van der Waals surface area contributed by atoms with Crippen LogP contribution >= 0.6 is 0 Å². The zero-order valence-electron chi connectivity index (χ0n) is 12.0. The number of nitrogens with zero attached hydrogens (tertiary/aromatic N) is 2. The van der Waals surface area contributed by atoms with Crippen LogP contribution in [0.1, 0.15) is 13.8 Å². The molecule has 0 saturated carbocycles. The summed E-state index contributed by atoms with van der Waals surface area (Å²) in [7, 11) is 1.57. The molecule has 0 bridgehead atoms. The normalized spacial score (nSPS) is 11.6. The van der Waals surface area contributed by atoms with Gasteiger partial charge in [0.15, 0.2) is 0 Å². The van der Waals surface area contributed by atoms with Gasteiger partial charge in [-0.05, 0) is 19.9 Å². The summed E-state index contributed by atoms with van der Waals surface area (Å²) in [5.74, 6) is 0. The van der Waals surface area contributed by atoms with Crippen LogP contribution in [0.2, 0.25) is 0 Å². The number of ether oxygens (including phenoxy) is 1. The summed E-state index contributed by atoms with van der Waals surface area (Å²) in [6.07, 6.45) is 1.26. The van der Waals surface area contributed by atoms with Crippen LogP contribution in [0.25, 0.3) is 10.9 Å². The fourth-order valence-corrected chi connectivity index (χ4v) is 1.78. The number of aromatic amines is 1. The van der Waals surface area contributed by atoms with E-state index in [0.29, 0.717) is 17.7 Å². The third-order valence-corrected chi connectivity index (χ3v) is 3.21. The molecule has 0 aliphatic heterocycles. The van der Waals surface area contributed by atoms with Gasteiger partial charge in [0.1, 0.15) is 5.69 Å². The molecule has 2 N–H and O–H groups in total. The van der Waals surface area contributed by atoms with E-state index in [9.17, 15) is 14.9 Å². The van der Waals surface area contributed by atoms with E-state index in [1.807, 2.05) is 13.8 Å². The highest BCUT2D eigenvalue weighted by Crippen LogP contribution is 2.28. The first-order valence-electron chi connectivity index (χ1n) is 6.29. The van der Waals surface area contributed by atoms with E-state index in [1.54, 1.807) is 7.11 Å². The summed E-state index contributed by atoms with van der Waals surface area (Å²) < 4.78 is 5.26. The van der Waals surface area contributed by atoms with E-state index in [2.05, 4.69) is 15.3 Å². The van der Waals surface area contributed by atoms with Crippen LogP contribution in [0.15, 0.2) is 23.3 Å². The minimum Gasteiger partial charge on any atom is -0.377 e. The van der Waals surface area contributed by atoms with Gasteiger partial charge in [0.25, 0.3) is 11.2 Å². The fourth-order valence-electron chi connectivity index (χ4n) is 1.78. The molecular weight excluding hydrogens is 276 g/mol. The van der Waals surface area contributed by atoms with E-state index < -0.39 is 16.1 Å². The topological polar surface area (TPSA) is 110 Å². The number of fused-ring (bicyclic) bond motifs is 1. The predicted molar refractivity (Wildman–Crippen MR) is 78.6 cm³/mol. The summed E-state index contributed by atoms with van der Waals surface area (Å²) in [5.41, 5.74) is -0.373. The lowest BCUT2D eigenvalue weighted by atomic mass is 10.1. The summed E-state index contributed by atoms with van der Waals surface area (Å²) in [6.45, 7) is 4.09. The van der Waals surface area contributed by atoms with Crippen molar-refractivity contribution >= 4 is 22.3 Å². The Kier molecular flexibility index (Phi) is 3.90. The molecule has 21 heavy (non-hydrogen) atoms. The van der Waals surface area contributed by atoms with E-state index in [1.165, 1.54) is 18.5 Å². The maximum absolute atomic E-state index is 11.7. The number of hydrogen-bond acceptors (Lipinski definition) is 6. The molecule has 0 fully saturated rings. The zero-order chi connectivity index (χ0) is 15.6. The lowest BCUT2D eigenvalue weighted by molar-refractivity contribution is -0.383. The molecule has 1 aromatic carbocycles. The smallest absolute Gasteiger partial charge is 0.293 e. The molecule has 0 aliphatic rings. The Hall–Kier alpha value is -2.48. The van der Waals surface area contributed by atoms with Crippen molar-refractivity contribution in [1.29, 1.82) is 0 Å². The number of nitro benzene ring substituents is 1. The molecule has 1 aromatic heterocycles. The van der Waals surface area contributed by atoms with Crippen LogP contribution in [0.4, 0.5) is 11.4 Å². The second kappa shape index (κ2) is 5.49. The fraction of sp³-hybridized carbons (Fsp3) is 0.385. The van der Waals surface area contributed by atoms with Crippen LogP contribution in [0.3, 0.4) is 0 Å². The highest BCUT2D eigenvalue weighted by molar-refractivity contribution is 5.86. The van der Waals surface area contributed by atoms with Gasteiger partial charge in [0.2, 0.25) is 0 Å².